The van der Waals surface area contributed by atoms with Crippen molar-refractivity contribution in [2.24, 2.45) is 5.92 Å². The van der Waals surface area contributed by atoms with E-state index >= 15 is 0 Å². The summed E-state index contributed by atoms with van der Waals surface area (Å²) in [5.74, 6) is 0.334. The first-order valence-corrected chi connectivity index (χ1v) is 5.93. The van der Waals surface area contributed by atoms with Crippen LogP contribution in [0.1, 0.15) is 17.5 Å². The Hall–Kier alpha value is -1.23. The third-order valence-corrected chi connectivity index (χ3v) is 3.25. The monoisotopic (exact) mass is 259 g/mol. The Morgan fingerprint density at radius 2 is 2.17 bits per heavy atom. The highest BCUT2D eigenvalue weighted by molar-refractivity contribution is 5.55. The topological polar surface area (TPSA) is 21.3 Å². The maximum atomic E-state index is 12.6. The molecule has 0 spiro atoms. The summed E-state index contributed by atoms with van der Waals surface area (Å²) < 4.78 is 42.9. The van der Waals surface area contributed by atoms with Gasteiger partial charge in [-0.15, -0.1) is 0 Å². The van der Waals surface area contributed by atoms with Gasteiger partial charge in [-0.05, 0) is 42.5 Å². The van der Waals surface area contributed by atoms with Crippen LogP contribution in [0.15, 0.2) is 18.2 Å². The van der Waals surface area contributed by atoms with Gasteiger partial charge in [0.2, 0.25) is 0 Å². The molecule has 0 amide bonds. The van der Waals surface area contributed by atoms with Crippen molar-refractivity contribution in [2.45, 2.75) is 19.0 Å². The number of nitrogens with one attached hydrogen (secondary N) is 1. The van der Waals surface area contributed by atoms with Crippen molar-refractivity contribution in [1.82, 2.24) is 0 Å². The molecule has 18 heavy (non-hydrogen) atoms. The van der Waals surface area contributed by atoms with Crippen molar-refractivity contribution < 1.29 is 17.9 Å². The van der Waals surface area contributed by atoms with E-state index in [0.29, 0.717) is 18.9 Å². The molecule has 1 heterocycles. The van der Waals surface area contributed by atoms with E-state index in [1.165, 1.54) is 12.1 Å². The summed E-state index contributed by atoms with van der Waals surface area (Å²) in [5.41, 5.74) is 0.990. The van der Waals surface area contributed by atoms with E-state index in [-0.39, 0.29) is 0 Å². The van der Waals surface area contributed by atoms with Gasteiger partial charge in [-0.1, -0.05) is 0 Å². The van der Waals surface area contributed by atoms with Crippen LogP contribution in [0.3, 0.4) is 0 Å². The van der Waals surface area contributed by atoms with Crippen LogP contribution >= 0.6 is 0 Å². The van der Waals surface area contributed by atoms with Crippen molar-refractivity contribution in [2.75, 3.05) is 25.6 Å². The number of ether oxygens (including phenoxy) is 1. The lowest BCUT2D eigenvalue weighted by molar-refractivity contribution is -0.137. The highest BCUT2D eigenvalue weighted by atomic mass is 19.4. The fraction of sp³-hybridized carbons (Fsp3) is 0.538. The molecule has 0 fully saturated rings. The smallest absolute Gasteiger partial charge is 0.385 e. The van der Waals surface area contributed by atoms with E-state index < -0.39 is 11.7 Å². The zero-order chi connectivity index (χ0) is 13.2. The van der Waals surface area contributed by atoms with E-state index in [1.54, 1.807) is 7.11 Å². The van der Waals surface area contributed by atoms with Crippen LogP contribution in [0, 0.1) is 5.92 Å². The number of hydrogen-bond acceptors (Lipinski definition) is 2. The molecule has 5 heteroatoms. The van der Waals surface area contributed by atoms with Crippen molar-refractivity contribution in [1.29, 1.82) is 0 Å². The molecule has 0 aromatic heterocycles. The summed E-state index contributed by atoms with van der Waals surface area (Å²) in [5, 5.41) is 3.18. The van der Waals surface area contributed by atoms with Crippen LogP contribution in [0.5, 0.6) is 0 Å². The fourth-order valence-electron chi connectivity index (χ4n) is 2.24. The second-order valence-electron chi connectivity index (χ2n) is 4.60. The Labute approximate surface area is 104 Å². The first kappa shape index (κ1) is 13.2. The van der Waals surface area contributed by atoms with Gasteiger partial charge in [-0.3, -0.25) is 0 Å². The molecule has 1 aliphatic heterocycles. The van der Waals surface area contributed by atoms with Crippen LogP contribution in [-0.4, -0.2) is 20.3 Å². The second kappa shape index (κ2) is 5.18. The Morgan fingerprint density at radius 1 is 1.39 bits per heavy atom. The lowest BCUT2D eigenvalue weighted by atomic mass is 9.90. The van der Waals surface area contributed by atoms with E-state index in [1.807, 2.05) is 0 Å². The predicted molar refractivity (Wildman–Crippen MR) is 63.6 cm³/mol. The van der Waals surface area contributed by atoms with Crippen LogP contribution < -0.4 is 5.32 Å². The number of fused-ring (bicyclic) bond motifs is 1. The van der Waals surface area contributed by atoms with Crippen molar-refractivity contribution >= 4 is 5.69 Å². The number of rotatable bonds is 3. The zero-order valence-electron chi connectivity index (χ0n) is 10.2. The fourth-order valence-corrected chi connectivity index (χ4v) is 2.24. The molecule has 0 aliphatic carbocycles. The predicted octanol–water partition coefficient (Wildman–Crippen LogP) is 3.33. The first-order chi connectivity index (χ1) is 8.50. The largest absolute Gasteiger partial charge is 0.416 e. The Balaban J connectivity index is 2.14. The molecular formula is C13H16F3NO. The van der Waals surface area contributed by atoms with E-state index in [0.717, 1.165) is 30.3 Å². The maximum Gasteiger partial charge on any atom is 0.416 e. The molecule has 0 bridgehead atoms. The van der Waals surface area contributed by atoms with E-state index in [2.05, 4.69) is 5.32 Å². The first-order valence-electron chi connectivity index (χ1n) is 5.93. The molecule has 1 aliphatic rings. The third kappa shape index (κ3) is 2.96. The Morgan fingerprint density at radius 3 is 2.83 bits per heavy atom. The molecule has 1 aromatic rings. The number of halogens is 3. The minimum Gasteiger partial charge on any atom is -0.385 e. The van der Waals surface area contributed by atoms with E-state index in [4.69, 9.17) is 4.74 Å². The molecule has 100 valence electrons. The molecule has 0 radical (unpaired) electrons. The summed E-state index contributed by atoms with van der Waals surface area (Å²) in [6, 6.07) is 3.90. The number of benzene rings is 1. The van der Waals surface area contributed by atoms with Gasteiger partial charge in [-0.25, -0.2) is 0 Å². The lowest BCUT2D eigenvalue weighted by Crippen LogP contribution is -2.24. The van der Waals surface area contributed by atoms with Crippen molar-refractivity contribution in [3.05, 3.63) is 29.3 Å². The second-order valence-corrected chi connectivity index (χ2v) is 4.60. The van der Waals surface area contributed by atoms with Gasteiger partial charge in [0.1, 0.15) is 0 Å². The average molecular weight is 259 g/mol. The van der Waals surface area contributed by atoms with Gasteiger partial charge >= 0.3 is 6.18 Å². The number of hydrogen-bond donors (Lipinski definition) is 1. The number of anilines is 1. The Bertz CT molecular complexity index is 417. The van der Waals surface area contributed by atoms with Gasteiger partial charge in [0, 0.05) is 25.9 Å². The van der Waals surface area contributed by atoms with Gasteiger partial charge in [0.05, 0.1) is 5.56 Å². The minimum atomic E-state index is -4.27. The van der Waals surface area contributed by atoms with Crippen LogP contribution in [-0.2, 0) is 17.3 Å². The van der Waals surface area contributed by atoms with Gasteiger partial charge in [-0.2, -0.15) is 13.2 Å². The van der Waals surface area contributed by atoms with Crippen molar-refractivity contribution in [3.63, 3.8) is 0 Å². The van der Waals surface area contributed by atoms with Crippen molar-refractivity contribution in [3.8, 4) is 0 Å². The average Bonchev–Trinajstić information content (AvgIpc) is 2.34. The maximum absolute atomic E-state index is 12.6. The van der Waals surface area contributed by atoms with Crippen LogP contribution in [0.2, 0.25) is 0 Å². The molecular weight excluding hydrogens is 243 g/mol. The molecule has 0 saturated heterocycles. The Kier molecular flexibility index (Phi) is 3.80. The minimum absolute atomic E-state index is 0.334. The van der Waals surface area contributed by atoms with Crippen LogP contribution in [0.4, 0.5) is 18.9 Å². The molecule has 1 atom stereocenters. The van der Waals surface area contributed by atoms with Crippen LogP contribution in [0.25, 0.3) is 0 Å². The van der Waals surface area contributed by atoms with Gasteiger partial charge in [0.15, 0.2) is 0 Å². The summed E-state index contributed by atoms with van der Waals surface area (Å²) in [4.78, 5) is 0. The van der Waals surface area contributed by atoms with Gasteiger partial charge < -0.3 is 10.1 Å². The van der Waals surface area contributed by atoms with Gasteiger partial charge in [0.25, 0.3) is 0 Å². The number of alkyl halides is 3. The molecule has 0 saturated carbocycles. The number of methoxy groups -OCH3 is 1. The highest BCUT2D eigenvalue weighted by Crippen LogP contribution is 2.34. The highest BCUT2D eigenvalue weighted by Gasteiger charge is 2.31. The quantitative estimate of drug-likeness (QED) is 0.899. The normalized spacial score (nSPS) is 19.2. The molecule has 1 unspecified atom stereocenters. The zero-order valence-corrected chi connectivity index (χ0v) is 10.2. The standard InChI is InChI=1S/C13H16F3NO/c1-18-5-4-9-6-10-7-11(13(14,15)16)2-3-12(10)17-8-9/h2-3,7,9,17H,4-6,8H2,1H3. The lowest BCUT2D eigenvalue weighted by Gasteiger charge is -2.26. The molecule has 2 nitrogen and oxygen atoms in total. The summed E-state index contributed by atoms with van der Waals surface area (Å²) in [7, 11) is 1.63. The summed E-state index contributed by atoms with van der Waals surface area (Å²) in [6.45, 7) is 1.43. The third-order valence-electron chi connectivity index (χ3n) is 3.25. The molecule has 2 rings (SSSR count). The molecule has 1 N–H and O–H groups in total. The SMILES string of the molecule is COCCC1CNc2ccc(C(F)(F)F)cc2C1. The summed E-state index contributed by atoms with van der Waals surface area (Å²) >= 11 is 0. The summed E-state index contributed by atoms with van der Waals surface area (Å²) in [6.07, 6.45) is -2.73. The molecule has 1 aromatic carbocycles. The van der Waals surface area contributed by atoms with E-state index in [9.17, 15) is 13.2 Å².